The smallest absolute Gasteiger partial charge is 0.0617 e. The lowest BCUT2D eigenvalue weighted by atomic mass is 9.92. The summed E-state index contributed by atoms with van der Waals surface area (Å²) < 4.78 is 5.56. The molecule has 1 fully saturated rings. The van der Waals surface area contributed by atoms with E-state index in [0.717, 1.165) is 19.3 Å². The summed E-state index contributed by atoms with van der Waals surface area (Å²) in [4.78, 5) is 0. The Kier molecular flexibility index (Phi) is 4.74. The van der Waals surface area contributed by atoms with Crippen LogP contribution in [0.4, 0.5) is 0 Å². The van der Waals surface area contributed by atoms with Crippen molar-refractivity contribution in [1.29, 1.82) is 0 Å². The largest absolute Gasteiger partial charge is 0.380 e. The molecule has 2 heteroatoms. The standard InChI is InChI=1S/C11H23NO/c1-9(2)7-13-8-10(3)12-11-5-4-6-11/h9-12H,4-8H2,1-3H3. The third-order valence-electron chi connectivity index (χ3n) is 2.44. The zero-order chi connectivity index (χ0) is 9.68. The van der Waals surface area contributed by atoms with Gasteiger partial charge < -0.3 is 10.1 Å². The maximum atomic E-state index is 5.56. The lowest BCUT2D eigenvalue weighted by molar-refractivity contribution is 0.0874. The molecule has 2 nitrogen and oxygen atoms in total. The van der Waals surface area contributed by atoms with Gasteiger partial charge in [0.2, 0.25) is 0 Å². The molecule has 0 saturated heterocycles. The Morgan fingerprint density at radius 2 is 1.92 bits per heavy atom. The van der Waals surface area contributed by atoms with Gasteiger partial charge in [-0.25, -0.2) is 0 Å². The maximum absolute atomic E-state index is 5.56. The van der Waals surface area contributed by atoms with Crippen molar-refractivity contribution in [3.8, 4) is 0 Å². The van der Waals surface area contributed by atoms with Gasteiger partial charge >= 0.3 is 0 Å². The average Bonchev–Trinajstić information content (AvgIpc) is 1.96. The van der Waals surface area contributed by atoms with E-state index < -0.39 is 0 Å². The quantitative estimate of drug-likeness (QED) is 0.685. The zero-order valence-electron chi connectivity index (χ0n) is 9.18. The highest BCUT2D eigenvalue weighted by molar-refractivity contribution is 4.78. The van der Waals surface area contributed by atoms with E-state index in [1.807, 2.05) is 0 Å². The van der Waals surface area contributed by atoms with E-state index in [9.17, 15) is 0 Å². The van der Waals surface area contributed by atoms with E-state index in [1.54, 1.807) is 0 Å². The van der Waals surface area contributed by atoms with E-state index >= 15 is 0 Å². The van der Waals surface area contributed by atoms with Crippen LogP contribution in [0.15, 0.2) is 0 Å². The first-order valence-electron chi connectivity index (χ1n) is 5.52. The summed E-state index contributed by atoms with van der Waals surface area (Å²) in [5, 5.41) is 3.57. The predicted molar refractivity (Wildman–Crippen MR) is 55.9 cm³/mol. The van der Waals surface area contributed by atoms with Crippen LogP contribution in [0.25, 0.3) is 0 Å². The highest BCUT2D eigenvalue weighted by Crippen LogP contribution is 2.18. The number of rotatable bonds is 6. The molecule has 78 valence electrons. The van der Waals surface area contributed by atoms with Gasteiger partial charge in [0, 0.05) is 18.7 Å². The Hall–Kier alpha value is -0.0800. The van der Waals surface area contributed by atoms with Crippen LogP contribution >= 0.6 is 0 Å². The second kappa shape index (κ2) is 5.61. The van der Waals surface area contributed by atoms with Gasteiger partial charge in [0.25, 0.3) is 0 Å². The third kappa shape index (κ3) is 4.63. The van der Waals surface area contributed by atoms with Gasteiger partial charge in [0.05, 0.1) is 6.61 Å². The Morgan fingerprint density at radius 3 is 2.38 bits per heavy atom. The Bertz CT molecular complexity index is 132. The van der Waals surface area contributed by atoms with Crippen molar-refractivity contribution in [1.82, 2.24) is 5.32 Å². The molecular formula is C11H23NO. The molecule has 0 aliphatic heterocycles. The van der Waals surface area contributed by atoms with Crippen LogP contribution in [-0.4, -0.2) is 25.3 Å². The van der Waals surface area contributed by atoms with E-state index in [2.05, 4.69) is 26.1 Å². The number of ether oxygens (including phenoxy) is 1. The summed E-state index contributed by atoms with van der Waals surface area (Å²) in [5.74, 6) is 0.649. The molecule has 1 aliphatic carbocycles. The summed E-state index contributed by atoms with van der Waals surface area (Å²) in [7, 11) is 0. The summed E-state index contributed by atoms with van der Waals surface area (Å²) in [6, 6.07) is 1.29. The second-order valence-corrected chi connectivity index (χ2v) is 4.63. The van der Waals surface area contributed by atoms with Crippen molar-refractivity contribution >= 4 is 0 Å². The fraction of sp³-hybridized carbons (Fsp3) is 1.00. The van der Waals surface area contributed by atoms with Gasteiger partial charge in [-0.15, -0.1) is 0 Å². The number of hydrogen-bond donors (Lipinski definition) is 1. The van der Waals surface area contributed by atoms with Crippen LogP contribution in [0.2, 0.25) is 0 Å². The van der Waals surface area contributed by atoms with Gasteiger partial charge in [-0.2, -0.15) is 0 Å². The minimum Gasteiger partial charge on any atom is -0.380 e. The molecule has 0 heterocycles. The number of nitrogens with one attached hydrogen (secondary N) is 1. The molecule has 1 rings (SSSR count). The maximum Gasteiger partial charge on any atom is 0.0617 e. The average molecular weight is 185 g/mol. The van der Waals surface area contributed by atoms with Crippen molar-refractivity contribution in [2.75, 3.05) is 13.2 Å². The topological polar surface area (TPSA) is 21.3 Å². The fourth-order valence-corrected chi connectivity index (χ4v) is 1.51. The van der Waals surface area contributed by atoms with E-state index in [4.69, 9.17) is 4.74 Å². The predicted octanol–water partition coefficient (Wildman–Crippen LogP) is 2.19. The van der Waals surface area contributed by atoms with Gasteiger partial charge in [0.1, 0.15) is 0 Å². The Labute approximate surface area is 82.0 Å². The van der Waals surface area contributed by atoms with E-state index in [0.29, 0.717) is 12.0 Å². The van der Waals surface area contributed by atoms with Crippen molar-refractivity contribution in [3.63, 3.8) is 0 Å². The second-order valence-electron chi connectivity index (χ2n) is 4.63. The molecule has 0 aromatic rings. The first-order valence-corrected chi connectivity index (χ1v) is 5.52. The van der Waals surface area contributed by atoms with E-state index in [1.165, 1.54) is 19.3 Å². The summed E-state index contributed by atoms with van der Waals surface area (Å²) in [6.07, 6.45) is 4.11. The first kappa shape index (κ1) is 11.0. The van der Waals surface area contributed by atoms with Gasteiger partial charge in [-0.1, -0.05) is 20.3 Å². The normalized spacial score (nSPS) is 20.3. The van der Waals surface area contributed by atoms with Gasteiger partial charge in [-0.05, 0) is 25.7 Å². The molecule has 0 aromatic heterocycles. The minimum atomic E-state index is 0.518. The van der Waals surface area contributed by atoms with Crippen molar-refractivity contribution in [3.05, 3.63) is 0 Å². The first-order chi connectivity index (χ1) is 6.18. The lowest BCUT2D eigenvalue weighted by Crippen LogP contribution is -2.43. The summed E-state index contributed by atoms with van der Waals surface area (Å²) in [5.41, 5.74) is 0. The zero-order valence-corrected chi connectivity index (χ0v) is 9.18. The lowest BCUT2D eigenvalue weighted by Gasteiger charge is -2.30. The van der Waals surface area contributed by atoms with Crippen LogP contribution in [0.3, 0.4) is 0 Å². The minimum absolute atomic E-state index is 0.518. The molecule has 0 spiro atoms. The van der Waals surface area contributed by atoms with Crippen LogP contribution in [0, 0.1) is 5.92 Å². The number of hydrogen-bond acceptors (Lipinski definition) is 2. The van der Waals surface area contributed by atoms with Crippen LogP contribution in [0.1, 0.15) is 40.0 Å². The molecule has 13 heavy (non-hydrogen) atoms. The van der Waals surface area contributed by atoms with E-state index in [-0.39, 0.29) is 0 Å². The van der Waals surface area contributed by atoms with Gasteiger partial charge in [0.15, 0.2) is 0 Å². The molecule has 1 unspecified atom stereocenters. The molecular weight excluding hydrogens is 162 g/mol. The molecule has 0 bridgehead atoms. The van der Waals surface area contributed by atoms with Crippen LogP contribution in [0.5, 0.6) is 0 Å². The van der Waals surface area contributed by atoms with Gasteiger partial charge in [-0.3, -0.25) is 0 Å². The van der Waals surface area contributed by atoms with Crippen molar-refractivity contribution < 1.29 is 4.74 Å². The molecule has 1 atom stereocenters. The third-order valence-corrected chi connectivity index (χ3v) is 2.44. The molecule has 0 radical (unpaired) electrons. The summed E-state index contributed by atoms with van der Waals surface area (Å²) >= 11 is 0. The Balaban J connectivity index is 1.93. The highest BCUT2D eigenvalue weighted by Gasteiger charge is 2.18. The highest BCUT2D eigenvalue weighted by atomic mass is 16.5. The van der Waals surface area contributed by atoms with Crippen LogP contribution in [-0.2, 0) is 4.74 Å². The molecule has 1 aliphatic rings. The van der Waals surface area contributed by atoms with Crippen molar-refractivity contribution in [2.45, 2.75) is 52.1 Å². The molecule has 1 saturated carbocycles. The van der Waals surface area contributed by atoms with Crippen molar-refractivity contribution in [2.24, 2.45) is 5.92 Å². The molecule has 0 amide bonds. The molecule has 1 N–H and O–H groups in total. The SMILES string of the molecule is CC(C)COCC(C)NC1CCC1. The summed E-state index contributed by atoms with van der Waals surface area (Å²) in [6.45, 7) is 8.32. The molecule has 0 aromatic carbocycles. The Morgan fingerprint density at radius 1 is 1.23 bits per heavy atom. The van der Waals surface area contributed by atoms with Crippen LogP contribution < -0.4 is 5.32 Å². The monoisotopic (exact) mass is 185 g/mol. The fourth-order valence-electron chi connectivity index (χ4n) is 1.51.